The summed E-state index contributed by atoms with van der Waals surface area (Å²) in [4.78, 5) is 19.0. The zero-order valence-corrected chi connectivity index (χ0v) is 16.4. The van der Waals surface area contributed by atoms with Crippen LogP contribution < -0.4 is 10.3 Å². The van der Waals surface area contributed by atoms with Gasteiger partial charge in [0.1, 0.15) is 0 Å². The number of benzene rings is 2. The van der Waals surface area contributed by atoms with Crippen molar-refractivity contribution < 1.29 is 14.7 Å². The summed E-state index contributed by atoms with van der Waals surface area (Å²) >= 11 is 0. The van der Waals surface area contributed by atoms with Gasteiger partial charge in [0.15, 0.2) is 5.75 Å². The van der Waals surface area contributed by atoms with E-state index < -0.39 is 11.5 Å². The molecule has 0 bridgehead atoms. The average molecular weight is 370 g/mol. The summed E-state index contributed by atoms with van der Waals surface area (Å²) in [6.07, 6.45) is 0.725. The van der Waals surface area contributed by atoms with E-state index in [0.717, 1.165) is 30.9 Å². The lowest BCUT2D eigenvalue weighted by Gasteiger charge is -2.29. The van der Waals surface area contributed by atoms with Crippen LogP contribution in [0.25, 0.3) is 0 Å². The first kappa shape index (κ1) is 20.9. The number of fused-ring (bicyclic) bond motifs is 1. The number of aryl methyl sites for hydroxylation is 1. The highest BCUT2D eigenvalue weighted by molar-refractivity contribution is 5.69. The molecule has 1 atom stereocenters. The second-order valence-corrected chi connectivity index (χ2v) is 6.78. The molecule has 3 rings (SSSR count). The Kier molecular flexibility index (Phi) is 7.82. The summed E-state index contributed by atoms with van der Waals surface area (Å²) in [7, 11) is 0. The fourth-order valence-corrected chi connectivity index (χ4v) is 3.25. The highest BCUT2D eigenvalue weighted by Crippen LogP contribution is 2.40. The number of aliphatic carboxylic acids is 1. The topological polar surface area (TPSA) is 61.8 Å². The van der Waals surface area contributed by atoms with Crippen LogP contribution in [-0.4, -0.2) is 35.6 Å². The first-order valence-corrected chi connectivity index (χ1v) is 9.50. The number of para-hydroxylation sites is 1. The average Bonchev–Trinajstić information content (AvgIpc) is 3.02. The molecule has 146 valence electrons. The molecular formula is C22H30N2O3. The normalized spacial score (nSPS) is 17.6. The van der Waals surface area contributed by atoms with Gasteiger partial charge < -0.3 is 14.8 Å². The number of nitrogens with one attached hydrogen (secondary N) is 1. The SMILES string of the molecule is CCN(CC)CCC1(CC(=O)O)NOc2ccccc21.Cc1ccccc1. The number of carboxylic acid groups (broad SMARTS) is 1. The van der Waals surface area contributed by atoms with Crippen LogP contribution >= 0.6 is 0 Å². The zero-order valence-electron chi connectivity index (χ0n) is 16.4. The predicted molar refractivity (Wildman–Crippen MR) is 108 cm³/mol. The van der Waals surface area contributed by atoms with Crippen molar-refractivity contribution in [1.82, 2.24) is 10.4 Å². The third-order valence-corrected chi connectivity index (χ3v) is 4.90. The highest BCUT2D eigenvalue weighted by atomic mass is 16.7. The molecular weight excluding hydrogens is 340 g/mol. The molecule has 0 saturated carbocycles. The summed E-state index contributed by atoms with van der Waals surface area (Å²) in [5.74, 6) is -0.0920. The van der Waals surface area contributed by atoms with Gasteiger partial charge in [-0.3, -0.25) is 4.79 Å². The molecule has 1 heterocycles. The lowest BCUT2D eigenvalue weighted by atomic mass is 9.84. The fraction of sp³-hybridized carbons (Fsp3) is 0.409. The maximum Gasteiger partial charge on any atom is 0.305 e. The Labute approximate surface area is 161 Å². The van der Waals surface area contributed by atoms with E-state index in [9.17, 15) is 9.90 Å². The van der Waals surface area contributed by atoms with Crippen molar-refractivity contribution in [2.24, 2.45) is 0 Å². The lowest BCUT2D eigenvalue weighted by Crippen LogP contribution is -2.43. The van der Waals surface area contributed by atoms with Crippen LogP contribution in [0.4, 0.5) is 0 Å². The largest absolute Gasteiger partial charge is 0.481 e. The van der Waals surface area contributed by atoms with E-state index in [1.165, 1.54) is 5.56 Å². The van der Waals surface area contributed by atoms with Gasteiger partial charge in [-0.05, 0) is 32.5 Å². The number of carbonyl (C=O) groups is 1. The van der Waals surface area contributed by atoms with E-state index in [-0.39, 0.29) is 6.42 Å². The van der Waals surface area contributed by atoms with Crippen molar-refractivity contribution in [3.8, 4) is 5.75 Å². The summed E-state index contributed by atoms with van der Waals surface area (Å²) in [5, 5.41) is 9.24. The van der Waals surface area contributed by atoms with Crippen molar-refractivity contribution in [2.45, 2.75) is 39.2 Å². The van der Waals surface area contributed by atoms with Gasteiger partial charge in [-0.1, -0.05) is 67.9 Å². The number of hydroxylamine groups is 1. The Morgan fingerprint density at radius 2 is 1.70 bits per heavy atom. The van der Waals surface area contributed by atoms with E-state index in [2.05, 4.69) is 43.3 Å². The van der Waals surface area contributed by atoms with Crippen molar-refractivity contribution in [1.29, 1.82) is 0 Å². The molecule has 0 saturated heterocycles. The lowest BCUT2D eigenvalue weighted by molar-refractivity contribution is -0.139. The molecule has 0 aromatic heterocycles. The first-order valence-electron chi connectivity index (χ1n) is 9.50. The summed E-state index contributed by atoms with van der Waals surface area (Å²) < 4.78 is 0. The zero-order chi connectivity index (χ0) is 19.7. The summed E-state index contributed by atoms with van der Waals surface area (Å²) in [6.45, 7) is 9.06. The van der Waals surface area contributed by atoms with Gasteiger partial charge >= 0.3 is 5.97 Å². The van der Waals surface area contributed by atoms with E-state index in [1.54, 1.807) is 0 Å². The van der Waals surface area contributed by atoms with Gasteiger partial charge in [0, 0.05) is 12.1 Å². The Morgan fingerprint density at radius 3 is 2.26 bits per heavy atom. The number of rotatable bonds is 7. The molecule has 0 radical (unpaired) electrons. The number of hydrogen-bond acceptors (Lipinski definition) is 4. The van der Waals surface area contributed by atoms with Crippen LogP contribution in [0.3, 0.4) is 0 Å². The summed E-state index contributed by atoms with van der Waals surface area (Å²) in [6, 6.07) is 17.9. The molecule has 2 N–H and O–H groups in total. The second kappa shape index (κ2) is 10.1. The molecule has 0 spiro atoms. The molecule has 1 aliphatic heterocycles. The van der Waals surface area contributed by atoms with E-state index in [1.807, 2.05) is 42.5 Å². The molecule has 2 aromatic carbocycles. The highest BCUT2D eigenvalue weighted by Gasteiger charge is 2.42. The van der Waals surface area contributed by atoms with Crippen LogP contribution in [0.1, 0.15) is 37.8 Å². The Bertz CT molecular complexity index is 717. The Hall–Kier alpha value is -2.37. The van der Waals surface area contributed by atoms with Crippen molar-refractivity contribution >= 4 is 5.97 Å². The van der Waals surface area contributed by atoms with Gasteiger partial charge in [0.25, 0.3) is 0 Å². The van der Waals surface area contributed by atoms with E-state index in [4.69, 9.17) is 4.84 Å². The van der Waals surface area contributed by atoms with Gasteiger partial charge in [-0.25, -0.2) is 0 Å². The minimum Gasteiger partial charge on any atom is -0.481 e. The van der Waals surface area contributed by atoms with Gasteiger partial charge in [0.2, 0.25) is 0 Å². The quantitative estimate of drug-likeness (QED) is 0.772. The maximum atomic E-state index is 11.2. The fourth-order valence-electron chi connectivity index (χ4n) is 3.25. The molecule has 0 amide bonds. The van der Waals surface area contributed by atoms with Crippen LogP contribution in [0.2, 0.25) is 0 Å². The number of hydrogen-bond donors (Lipinski definition) is 2. The van der Waals surface area contributed by atoms with Crippen molar-refractivity contribution in [2.75, 3.05) is 19.6 Å². The monoisotopic (exact) mass is 370 g/mol. The predicted octanol–water partition coefficient (Wildman–Crippen LogP) is 3.98. The molecule has 0 fully saturated rings. The minimum absolute atomic E-state index is 0.0191. The smallest absolute Gasteiger partial charge is 0.305 e. The second-order valence-electron chi connectivity index (χ2n) is 6.78. The van der Waals surface area contributed by atoms with Crippen LogP contribution in [0.5, 0.6) is 5.75 Å². The Balaban J connectivity index is 0.000000313. The molecule has 1 unspecified atom stereocenters. The summed E-state index contributed by atoms with van der Waals surface area (Å²) in [5.41, 5.74) is 4.59. The Morgan fingerprint density at radius 1 is 1.07 bits per heavy atom. The van der Waals surface area contributed by atoms with Crippen molar-refractivity contribution in [3.05, 3.63) is 65.7 Å². The third kappa shape index (κ3) is 5.81. The number of carboxylic acids is 1. The van der Waals surface area contributed by atoms with E-state index >= 15 is 0 Å². The van der Waals surface area contributed by atoms with Crippen LogP contribution in [0, 0.1) is 6.92 Å². The van der Waals surface area contributed by atoms with E-state index in [0.29, 0.717) is 6.42 Å². The number of nitrogens with zero attached hydrogens (tertiary/aromatic N) is 1. The maximum absolute atomic E-state index is 11.2. The van der Waals surface area contributed by atoms with Gasteiger partial charge in [-0.15, -0.1) is 5.48 Å². The van der Waals surface area contributed by atoms with Gasteiger partial charge in [-0.2, -0.15) is 0 Å². The molecule has 27 heavy (non-hydrogen) atoms. The molecule has 5 heteroatoms. The van der Waals surface area contributed by atoms with Gasteiger partial charge in [0.05, 0.1) is 12.0 Å². The van der Waals surface area contributed by atoms with Crippen LogP contribution in [0.15, 0.2) is 54.6 Å². The minimum atomic E-state index is -0.822. The molecule has 1 aliphatic rings. The van der Waals surface area contributed by atoms with Crippen LogP contribution in [-0.2, 0) is 10.3 Å². The third-order valence-electron chi connectivity index (χ3n) is 4.90. The first-order chi connectivity index (χ1) is 13.0. The molecule has 5 nitrogen and oxygen atoms in total. The molecule has 2 aromatic rings. The molecule has 0 aliphatic carbocycles. The standard InChI is InChI=1S/C15H22N2O3.C7H8/c1-3-17(4-2)10-9-15(11-14(18)19)12-7-5-6-8-13(12)20-16-15;1-7-5-3-2-4-6-7/h5-8,16H,3-4,9-11H2,1-2H3,(H,18,19);2-6H,1H3. The van der Waals surface area contributed by atoms with Crippen molar-refractivity contribution in [3.63, 3.8) is 0 Å².